The highest BCUT2D eigenvalue weighted by Gasteiger charge is 1.81. The average molecular weight is 173 g/mol. The summed E-state index contributed by atoms with van der Waals surface area (Å²) < 4.78 is 25.2. The fraction of sp³-hybridized carbons (Fsp3) is 1.00. The summed E-state index contributed by atoms with van der Waals surface area (Å²) in [6.45, 7) is 0.188. The first-order valence-corrected chi connectivity index (χ1v) is 3.89. The van der Waals surface area contributed by atoms with Crippen LogP contribution in [0.25, 0.3) is 0 Å². The third kappa shape index (κ3) is 112. The third-order valence-electron chi connectivity index (χ3n) is 0.316. The van der Waals surface area contributed by atoms with Crippen molar-refractivity contribution < 1.29 is 23.2 Å². The van der Waals surface area contributed by atoms with Crippen molar-refractivity contribution in [3.63, 3.8) is 0 Å². The number of nitrogens with two attached hydrogens (primary N) is 1. The summed E-state index contributed by atoms with van der Waals surface area (Å²) in [4.78, 5) is 0. The number of aliphatic hydroxyl groups excluding tert-OH is 2. The zero-order valence-electron chi connectivity index (χ0n) is 5.27. The van der Waals surface area contributed by atoms with Crippen LogP contribution in [-0.2, 0) is 10.3 Å². The molecule has 0 fully saturated rings. The molecule has 0 rings (SSSR count). The summed E-state index contributed by atoms with van der Waals surface area (Å²) in [5.41, 5.74) is 0. The molecule has 0 bridgehead atoms. The molecular weight excluding hydrogens is 162 g/mol. The summed E-state index contributed by atoms with van der Waals surface area (Å²) in [6, 6.07) is 0. The number of aliphatic hydroxyl groups is 2. The first kappa shape index (κ1) is 12.5. The Hall–Kier alpha value is -0.210. The van der Waals surface area contributed by atoms with Crippen molar-refractivity contribution in [3.05, 3.63) is 0 Å². The molecule has 0 heterocycles. The highest BCUT2D eigenvalue weighted by molar-refractivity contribution is 7.83. The van der Waals surface area contributed by atoms with Crippen LogP contribution in [0.3, 0.4) is 0 Å². The molecule has 0 atom stereocenters. The van der Waals surface area contributed by atoms with Crippen LogP contribution in [0.4, 0.5) is 0 Å². The summed E-state index contributed by atoms with van der Waals surface area (Å²) in [5, 5.41) is 19.7. The van der Waals surface area contributed by atoms with Gasteiger partial charge in [0, 0.05) is 13.2 Å². The normalized spacial score (nSPS) is 10.0. The molecule has 0 saturated heterocycles. The number of hydrogen-bond acceptors (Lipinski definition) is 4. The molecular formula is C3H11NO5S. The Kier molecular flexibility index (Phi) is 8.61. The highest BCUT2D eigenvalue weighted by atomic mass is 32.2. The molecule has 6 nitrogen and oxygen atoms in total. The predicted octanol–water partition coefficient (Wildman–Crippen LogP) is -1.89. The van der Waals surface area contributed by atoms with Crippen molar-refractivity contribution in [2.24, 2.45) is 5.14 Å². The van der Waals surface area contributed by atoms with Gasteiger partial charge in [0.25, 0.3) is 0 Å². The second kappa shape index (κ2) is 6.90. The van der Waals surface area contributed by atoms with Crippen molar-refractivity contribution in [1.29, 1.82) is 0 Å². The molecule has 64 valence electrons. The fourth-order valence-electron chi connectivity index (χ4n) is 0.0707. The molecule has 7 heteroatoms. The van der Waals surface area contributed by atoms with Gasteiger partial charge in [0.1, 0.15) is 0 Å². The Bertz CT molecular complexity index is 131. The Morgan fingerprint density at radius 1 is 1.20 bits per heavy atom. The zero-order valence-corrected chi connectivity index (χ0v) is 6.08. The van der Waals surface area contributed by atoms with E-state index in [1.807, 2.05) is 0 Å². The Morgan fingerprint density at radius 2 is 1.40 bits per heavy atom. The smallest absolute Gasteiger partial charge is 0.330 e. The van der Waals surface area contributed by atoms with Crippen molar-refractivity contribution in [2.45, 2.75) is 6.42 Å². The van der Waals surface area contributed by atoms with Crippen molar-refractivity contribution >= 4 is 10.3 Å². The molecule has 0 aromatic heterocycles. The topological polar surface area (TPSA) is 121 Å². The Morgan fingerprint density at radius 3 is 1.40 bits per heavy atom. The first-order chi connectivity index (χ1) is 4.41. The Balaban J connectivity index is 0. The van der Waals surface area contributed by atoms with E-state index < -0.39 is 10.3 Å². The van der Waals surface area contributed by atoms with Crippen LogP contribution in [0.2, 0.25) is 0 Å². The standard InChI is InChI=1S/C3H8O2.H3NO3S/c4-2-1-3-5;1-5(2,3)4/h4-5H,1-3H2;(H3,1,2,3,4). The van der Waals surface area contributed by atoms with Crippen LogP contribution in [0.5, 0.6) is 0 Å². The van der Waals surface area contributed by atoms with E-state index in [1.165, 1.54) is 0 Å². The molecule has 10 heavy (non-hydrogen) atoms. The van der Waals surface area contributed by atoms with Gasteiger partial charge in [-0.2, -0.15) is 8.42 Å². The van der Waals surface area contributed by atoms with Gasteiger partial charge in [-0.3, -0.25) is 4.55 Å². The van der Waals surface area contributed by atoms with Gasteiger partial charge < -0.3 is 10.2 Å². The van der Waals surface area contributed by atoms with Gasteiger partial charge in [-0.1, -0.05) is 0 Å². The van der Waals surface area contributed by atoms with Gasteiger partial charge in [-0.05, 0) is 6.42 Å². The monoisotopic (exact) mass is 173 g/mol. The molecule has 0 aliphatic carbocycles. The molecule has 0 amide bonds. The SMILES string of the molecule is NS(=O)(=O)O.OCCCO. The molecule has 0 unspecified atom stereocenters. The number of hydrogen-bond donors (Lipinski definition) is 4. The highest BCUT2D eigenvalue weighted by Crippen LogP contribution is 1.65. The summed E-state index contributed by atoms with van der Waals surface area (Å²) in [6.07, 6.45) is 0.500. The van der Waals surface area contributed by atoms with Crippen molar-refractivity contribution in [3.8, 4) is 0 Å². The lowest BCUT2D eigenvalue weighted by atomic mass is 10.5. The lowest BCUT2D eigenvalue weighted by Crippen LogP contribution is -2.08. The lowest BCUT2D eigenvalue weighted by Gasteiger charge is -1.79. The van der Waals surface area contributed by atoms with E-state index in [0.717, 1.165) is 0 Å². The zero-order chi connectivity index (χ0) is 8.62. The maximum atomic E-state index is 8.97. The largest absolute Gasteiger partial charge is 0.396 e. The van der Waals surface area contributed by atoms with E-state index in [-0.39, 0.29) is 13.2 Å². The molecule has 0 aliphatic rings. The number of rotatable bonds is 2. The minimum atomic E-state index is -4.17. The van der Waals surface area contributed by atoms with Crippen molar-refractivity contribution in [1.82, 2.24) is 0 Å². The predicted molar refractivity (Wildman–Crippen MR) is 34.5 cm³/mol. The van der Waals surface area contributed by atoms with Gasteiger partial charge >= 0.3 is 10.3 Å². The van der Waals surface area contributed by atoms with E-state index in [9.17, 15) is 0 Å². The molecule has 0 radical (unpaired) electrons. The van der Waals surface area contributed by atoms with Gasteiger partial charge in [0.05, 0.1) is 0 Å². The molecule has 0 aliphatic heterocycles. The lowest BCUT2D eigenvalue weighted by molar-refractivity contribution is 0.221. The van der Waals surface area contributed by atoms with E-state index in [1.54, 1.807) is 0 Å². The van der Waals surface area contributed by atoms with E-state index in [0.29, 0.717) is 6.42 Å². The Labute approximate surface area is 59.2 Å². The van der Waals surface area contributed by atoms with Crippen LogP contribution in [0.15, 0.2) is 0 Å². The molecule has 0 saturated carbocycles. The summed E-state index contributed by atoms with van der Waals surface area (Å²) >= 11 is 0. The average Bonchev–Trinajstić information content (AvgIpc) is 1.63. The third-order valence-corrected chi connectivity index (χ3v) is 0.316. The maximum Gasteiger partial charge on any atom is 0.330 e. The fourth-order valence-corrected chi connectivity index (χ4v) is 0.0707. The summed E-state index contributed by atoms with van der Waals surface area (Å²) in [5.74, 6) is 0. The van der Waals surface area contributed by atoms with Crippen LogP contribution in [0.1, 0.15) is 6.42 Å². The second-order valence-electron chi connectivity index (χ2n) is 1.32. The minimum Gasteiger partial charge on any atom is -0.396 e. The quantitative estimate of drug-likeness (QED) is 0.364. The first-order valence-electron chi connectivity index (χ1n) is 2.38. The molecule has 0 aromatic carbocycles. The minimum absolute atomic E-state index is 0.0938. The van der Waals surface area contributed by atoms with Crippen LogP contribution in [-0.4, -0.2) is 36.4 Å². The van der Waals surface area contributed by atoms with Gasteiger partial charge in [0.15, 0.2) is 0 Å². The van der Waals surface area contributed by atoms with Gasteiger partial charge in [-0.25, -0.2) is 5.14 Å². The van der Waals surface area contributed by atoms with E-state index in [4.69, 9.17) is 23.2 Å². The van der Waals surface area contributed by atoms with Crippen LogP contribution < -0.4 is 5.14 Å². The van der Waals surface area contributed by atoms with Gasteiger partial charge in [0.2, 0.25) is 0 Å². The second-order valence-corrected chi connectivity index (χ2v) is 2.35. The van der Waals surface area contributed by atoms with Gasteiger partial charge in [-0.15, -0.1) is 0 Å². The maximum absolute atomic E-state index is 8.97. The van der Waals surface area contributed by atoms with Crippen molar-refractivity contribution in [2.75, 3.05) is 13.2 Å². The molecule has 0 spiro atoms. The van der Waals surface area contributed by atoms with E-state index in [2.05, 4.69) is 5.14 Å². The molecule has 0 aromatic rings. The summed E-state index contributed by atoms with van der Waals surface area (Å²) in [7, 11) is -4.17. The van der Waals surface area contributed by atoms with Crippen LogP contribution in [0, 0.1) is 0 Å². The molecule has 5 N–H and O–H groups in total. The van der Waals surface area contributed by atoms with E-state index >= 15 is 0 Å². The van der Waals surface area contributed by atoms with Crippen LogP contribution >= 0.6 is 0 Å².